The Morgan fingerprint density at radius 3 is 1.79 bits per heavy atom. The van der Waals surface area contributed by atoms with Gasteiger partial charge in [0, 0.05) is 26.2 Å². The predicted octanol–water partition coefficient (Wildman–Crippen LogP) is -0.0177. The number of nitrogens with one attached hydrogen (secondary N) is 1. The first-order chi connectivity index (χ1) is 8.63. The van der Waals surface area contributed by atoms with Crippen LogP contribution in [0.5, 0.6) is 0 Å². The molecule has 0 atom stereocenters. The van der Waals surface area contributed by atoms with Gasteiger partial charge in [-0.15, -0.1) is 0 Å². The van der Waals surface area contributed by atoms with E-state index in [1.54, 1.807) is 4.90 Å². The second-order valence-electron chi connectivity index (χ2n) is 4.83. The number of hydrogen-bond acceptors (Lipinski definition) is 5. The van der Waals surface area contributed by atoms with Crippen molar-refractivity contribution in [2.45, 2.75) is 26.4 Å². The number of carbonyl (C=O) groups excluding carboxylic acids is 1. The van der Waals surface area contributed by atoms with E-state index in [2.05, 4.69) is 5.32 Å². The third-order valence-corrected chi connectivity index (χ3v) is 1.95. The van der Waals surface area contributed by atoms with Crippen LogP contribution in [0.3, 0.4) is 0 Å². The Hall–Kier alpha value is -1.83. The van der Waals surface area contributed by atoms with Gasteiger partial charge in [-0.2, -0.15) is 0 Å². The first-order valence-corrected chi connectivity index (χ1v) is 5.78. The molecule has 0 saturated carbocycles. The maximum Gasteiger partial charge on any atom is 0.414 e. The number of rotatable bonds is 0. The van der Waals surface area contributed by atoms with Crippen LogP contribution in [0.1, 0.15) is 20.8 Å². The van der Waals surface area contributed by atoms with Crippen LogP contribution in [-0.4, -0.2) is 64.9 Å². The van der Waals surface area contributed by atoms with E-state index in [1.165, 1.54) is 0 Å². The molecular formula is C11H20N2O6. The Labute approximate surface area is 111 Å². The van der Waals surface area contributed by atoms with E-state index < -0.39 is 11.9 Å². The van der Waals surface area contributed by atoms with Crippen molar-refractivity contribution >= 4 is 18.0 Å². The number of hydrogen-bond donors (Lipinski definition) is 3. The molecule has 0 radical (unpaired) electrons. The fourth-order valence-corrected chi connectivity index (χ4v) is 1.17. The van der Waals surface area contributed by atoms with E-state index in [0.29, 0.717) is 0 Å². The second-order valence-corrected chi connectivity index (χ2v) is 4.83. The van der Waals surface area contributed by atoms with Crippen molar-refractivity contribution in [3.05, 3.63) is 0 Å². The summed E-state index contributed by atoms with van der Waals surface area (Å²) in [5.41, 5.74) is -0.387. The number of piperazine rings is 1. The number of carbonyl (C=O) groups is 3. The lowest BCUT2D eigenvalue weighted by molar-refractivity contribution is -0.159. The van der Waals surface area contributed by atoms with Crippen molar-refractivity contribution in [3.63, 3.8) is 0 Å². The fourth-order valence-electron chi connectivity index (χ4n) is 1.17. The summed E-state index contributed by atoms with van der Waals surface area (Å²) in [5.74, 6) is -3.65. The monoisotopic (exact) mass is 276 g/mol. The largest absolute Gasteiger partial charge is 0.473 e. The summed E-state index contributed by atoms with van der Waals surface area (Å²) in [6.45, 7) is 8.86. The molecular weight excluding hydrogens is 256 g/mol. The van der Waals surface area contributed by atoms with Crippen LogP contribution < -0.4 is 5.32 Å². The van der Waals surface area contributed by atoms with E-state index >= 15 is 0 Å². The highest BCUT2D eigenvalue weighted by Crippen LogP contribution is 2.09. The van der Waals surface area contributed by atoms with Crippen molar-refractivity contribution in [3.8, 4) is 0 Å². The van der Waals surface area contributed by atoms with Gasteiger partial charge in [-0.3, -0.25) is 0 Å². The molecule has 1 amide bonds. The first-order valence-electron chi connectivity index (χ1n) is 5.78. The van der Waals surface area contributed by atoms with Gasteiger partial charge in [0.15, 0.2) is 0 Å². The molecule has 19 heavy (non-hydrogen) atoms. The minimum Gasteiger partial charge on any atom is -0.473 e. The summed E-state index contributed by atoms with van der Waals surface area (Å²) in [7, 11) is 0. The lowest BCUT2D eigenvalue weighted by atomic mass is 10.2. The molecule has 1 saturated heterocycles. The molecule has 1 rings (SSSR count). The quantitative estimate of drug-likeness (QED) is 0.532. The number of ether oxygens (including phenoxy) is 1. The summed E-state index contributed by atoms with van der Waals surface area (Å²) >= 11 is 0. The average Bonchev–Trinajstić information content (AvgIpc) is 2.28. The van der Waals surface area contributed by atoms with Gasteiger partial charge in [-0.05, 0) is 20.8 Å². The maximum absolute atomic E-state index is 11.5. The zero-order valence-electron chi connectivity index (χ0n) is 11.3. The molecule has 1 aliphatic heterocycles. The van der Waals surface area contributed by atoms with E-state index in [-0.39, 0.29) is 11.7 Å². The number of aliphatic carboxylic acids is 2. The number of carboxylic acids is 2. The van der Waals surface area contributed by atoms with Crippen LogP contribution in [0.15, 0.2) is 0 Å². The Morgan fingerprint density at radius 1 is 1.05 bits per heavy atom. The van der Waals surface area contributed by atoms with Gasteiger partial charge in [0.1, 0.15) is 5.60 Å². The molecule has 0 aromatic carbocycles. The molecule has 8 nitrogen and oxygen atoms in total. The Kier molecular flexibility index (Phi) is 6.84. The van der Waals surface area contributed by atoms with Gasteiger partial charge >= 0.3 is 18.0 Å². The summed E-state index contributed by atoms with van der Waals surface area (Å²) in [6.07, 6.45) is -0.200. The van der Waals surface area contributed by atoms with Gasteiger partial charge in [0.05, 0.1) is 0 Å². The van der Waals surface area contributed by atoms with E-state index in [4.69, 9.17) is 24.5 Å². The molecule has 8 heteroatoms. The molecule has 1 heterocycles. The van der Waals surface area contributed by atoms with Gasteiger partial charge < -0.3 is 25.2 Å². The minimum atomic E-state index is -1.82. The number of amides is 1. The van der Waals surface area contributed by atoms with Crippen LogP contribution in [0.2, 0.25) is 0 Å². The molecule has 110 valence electrons. The first kappa shape index (κ1) is 17.2. The molecule has 1 fully saturated rings. The molecule has 0 aliphatic carbocycles. The van der Waals surface area contributed by atoms with Gasteiger partial charge in [0.25, 0.3) is 0 Å². The van der Waals surface area contributed by atoms with E-state index in [1.807, 2.05) is 20.8 Å². The van der Waals surface area contributed by atoms with Crippen molar-refractivity contribution in [1.82, 2.24) is 10.2 Å². The normalized spacial score (nSPS) is 15.0. The molecule has 0 aromatic heterocycles. The lowest BCUT2D eigenvalue weighted by Crippen LogP contribution is -2.48. The molecule has 1 aliphatic rings. The highest BCUT2D eigenvalue weighted by atomic mass is 16.6. The summed E-state index contributed by atoms with van der Waals surface area (Å²) in [6, 6.07) is 0. The predicted molar refractivity (Wildman–Crippen MR) is 65.9 cm³/mol. The zero-order chi connectivity index (χ0) is 15.1. The molecule has 3 N–H and O–H groups in total. The smallest absolute Gasteiger partial charge is 0.414 e. The van der Waals surface area contributed by atoms with Crippen LogP contribution in [0.25, 0.3) is 0 Å². The molecule has 0 aromatic rings. The van der Waals surface area contributed by atoms with Crippen molar-refractivity contribution in [2.24, 2.45) is 0 Å². The second kappa shape index (κ2) is 7.57. The highest BCUT2D eigenvalue weighted by Gasteiger charge is 2.22. The van der Waals surface area contributed by atoms with Gasteiger partial charge in [-0.25, -0.2) is 14.4 Å². The minimum absolute atomic E-state index is 0.200. The van der Waals surface area contributed by atoms with Crippen LogP contribution >= 0.6 is 0 Å². The summed E-state index contributed by atoms with van der Waals surface area (Å²) in [4.78, 5) is 31.4. The highest BCUT2D eigenvalue weighted by molar-refractivity contribution is 6.27. The van der Waals surface area contributed by atoms with Crippen LogP contribution in [0.4, 0.5) is 4.79 Å². The number of nitrogens with zero attached hydrogens (tertiary/aromatic N) is 1. The molecule has 0 unspecified atom stereocenters. The Morgan fingerprint density at radius 2 is 1.47 bits per heavy atom. The SMILES string of the molecule is CC(C)(C)OC(=O)N1CCNCC1.O=C(O)C(=O)O. The van der Waals surface area contributed by atoms with Crippen LogP contribution in [0, 0.1) is 0 Å². The standard InChI is InChI=1S/C9H18N2O2.C2H2O4/c1-9(2,3)13-8(12)11-6-4-10-5-7-11;3-1(4)2(5)6/h10H,4-7H2,1-3H3;(H,3,4)(H,5,6). The average molecular weight is 276 g/mol. The summed E-state index contributed by atoms with van der Waals surface area (Å²) < 4.78 is 5.24. The Balaban J connectivity index is 0.000000459. The number of carboxylic acid groups (broad SMARTS) is 2. The topological polar surface area (TPSA) is 116 Å². The lowest BCUT2D eigenvalue weighted by Gasteiger charge is -2.30. The van der Waals surface area contributed by atoms with E-state index in [9.17, 15) is 4.79 Å². The van der Waals surface area contributed by atoms with Gasteiger partial charge in [-0.1, -0.05) is 0 Å². The van der Waals surface area contributed by atoms with Crippen LogP contribution in [-0.2, 0) is 14.3 Å². The molecule has 0 bridgehead atoms. The Bertz CT molecular complexity index is 319. The van der Waals surface area contributed by atoms with Crippen molar-refractivity contribution in [1.29, 1.82) is 0 Å². The van der Waals surface area contributed by atoms with Crippen molar-refractivity contribution < 1.29 is 29.3 Å². The molecule has 0 spiro atoms. The van der Waals surface area contributed by atoms with Crippen molar-refractivity contribution in [2.75, 3.05) is 26.2 Å². The van der Waals surface area contributed by atoms with Gasteiger partial charge in [0.2, 0.25) is 0 Å². The third-order valence-electron chi connectivity index (χ3n) is 1.95. The van der Waals surface area contributed by atoms with E-state index in [0.717, 1.165) is 26.2 Å². The maximum atomic E-state index is 11.5. The zero-order valence-corrected chi connectivity index (χ0v) is 11.3. The fraction of sp³-hybridized carbons (Fsp3) is 0.727. The summed E-state index contributed by atoms with van der Waals surface area (Å²) in [5, 5.41) is 18.0. The third kappa shape index (κ3) is 8.83.